The van der Waals surface area contributed by atoms with Crippen LogP contribution >= 0.6 is 0 Å². The zero-order valence-electron chi connectivity index (χ0n) is 24.1. The predicted octanol–water partition coefficient (Wildman–Crippen LogP) is 9.69. The summed E-state index contributed by atoms with van der Waals surface area (Å²) in [5, 5.41) is 0. The van der Waals surface area contributed by atoms with E-state index in [4.69, 9.17) is 0 Å². The molecule has 0 rings (SSSR count). The Labute approximate surface area is 206 Å². The molecule has 0 heterocycles. The molecule has 0 nitrogen and oxygen atoms in total. The van der Waals surface area contributed by atoms with Gasteiger partial charge >= 0.3 is 0 Å². The van der Waals surface area contributed by atoms with Crippen molar-refractivity contribution in [1.82, 2.24) is 0 Å². The molecule has 0 saturated heterocycles. The third kappa shape index (κ3) is 14.7. The van der Waals surface area contributed by atoms with Gasteiger partial charge in [0.25, 0.3) is 0 Å². The summed E-state index contributed by atoms with van der Waals surface area (Å²) in [6, 6.07) is 8.14. The van der Waals surface area contributed by atoms with Crippen LogP contribution in [0.3, 0.4) is 0 Å². The summed E-state index contributed by atoms with van der Waals surface area (Å²) in [4.78, 5) is 0. The van der Waals surface area contributed by atoms with Crippen LogP contribution in [0.1, 0.15) is 95.9 Å². The van der Waals surface area contributed by atoms with Crippen molar-refractivity contribution in [3.05, 3.63) is 0 Å². The SMILES string of the molecule is CC(C)C[Si](C#CCCC#C[Si](CC(C)C)(CC(C)C)CC(C)C)(CC(C)C)CC(C)C. The Morgan fingerprint density at radius 1 is 0.375 bits per heavy atom. The van der Waals surface area contributed by atoms with E-state index in [1.165, 1.54) is 36.3 Å². The first-order valence-electron chi connectivity index (χ1n) is 13.7. The van der Waals surface area contributed by atoms with Crippen LogP contribution < -0.4 is 0 Å². The van der Waals surface area contributed by atoms with Gasteiger partial charge < -0.3 is 0 Å². The summed E-state index contributed by atoms with van der Waals surface area (Å²) in [5.74, 6) is 11.9. The third-order valence-electron chi connectivity index (χ3n) is 5.88. The topological polar surface area (TPSA) is 0 Å². The van der Waals surface area contributed by atoms with E-state index in [2.05, 4.69) is 106 Å². The molecule has 0 aliphatic rings. The fourth-order valence-corrected chi connectivity index (χ4v) is 18.1. The third-order valence-corrected chi connectivity index (χ3v) is 16.9. The highest BCUT2D eigenvalue weighted by Crippen LogP contribution is 2.33. The molecule has 0 aromatic rings. The Hall–Kier alpha value is -0.446. The van der Waals surface area contributed by atoms with E-state index in [9.17, 15) is 0 Å². The summed E-state index contributed by atoms with van der Waals surface area (Å²) in [6.07, 6.45) is 1.93. The summed E-state index contributed by atoms with van der Waals surface area (Å²) in [7, 11) is -3.10. The van der Waals surface area contributed by atoms with Crippen molar-refractivity contribution in [3.63, 3.8) is 0 Å². The second-order valence-electron chi connectivity index (χ2n) is 13.3. The molecular formula is C30H58Si2. The summed E-state index contributed by atoms with van der Waals surface area (Å²) < 4.78 is 0. The van der Waals surface area contributed by atoms with Gasteiger partial charge in [0.05, 0.1) is 0 Å². The zero-order valence-corrected chi connectivity index (χ0v) is 26.1. The van der Waals surface area contributed by atoms with Gasteiger partial charge in [0, 0.05) is 12.8 Å². The average molecular weight is 475 g/mol. The molecule has 0 aromatic carbocycles. The molecule has 186 valence electrons. The van der Waals surface area contributed by atoms with Crippen LogP contribution in [0.5, 0.6) is 0 Å². The van der Waals surface area contributed by atoms with Crippen LogP contribution in [0.2, 0.25) is 36.3 Å². The first kappa shape index (κ1) is 31.6. The molecule has 0 saturated carbocycles. The first-order valence-corrected chi connectivity index (χ1v) is 18.9. The smallest absolute Gasteiger partial charge is 0.131 e. The summed E-state index contributed by atoms with van der Waals surface area (Å²) >= 11 is 0. The minimum absolute atomic E-state index is 0.753. The highest BCUT2D eigenvalue weighted by atomic mass is 28.3. The lowest BCUT2D eigenvalue weighted by Crippen LogP contribution is -2.37. The molecule has 0 radical (unpaired) electrons. The lowest BCUT2D eigenvalue weighted by atomic mass is 10.2. The van der Waals surface area contributed by atoms with Crippen molar-refractivity contribution in [2.75, 3.05) is 0 Å². The van der Waals surface area contributed by atoms with Crippen LogP contribution in [-0.2, 0) is 0 Å². The van der Waals surface area contributed by atoms with Crippen molar-refractivity contribution >= 4 is 16.1 Å². The summed E-state index contributed by atoms with van der Waals surface area (Å²) in [5.41, 5.74) is 7.91. The maximum atomic E-state index is 3.95. The van der Waals surface area contributed by atoms with Gasteiger partial charge in [-0.25, -0.2) is 0 Å². The van der Waals surface area contributed by atoms with E-state index in [0.29, 0.717) is 0 Å². The fraction of sp³-hybridized carbons (Fsp3) is 0.867. The Kier molecular flexibility index (Phi) is 15.2. The molecule has 0 spiro atoms. The normalized spacial score (nSPS) is 12.7. The molecule has 0 N–H and O–H groups in total. The first-order chi connectivity index (χ1) is 14.7. The standard InChI is InChI=1S/C30H58Si2/c1-25(2)19-31(20-26(3)4,21-27(5)6)17-15-13-14-16-18-32(22-28(7)8,23-29(9)10)24-30(11)12/h25-30H,13-14,19-24H2,1-12H3. The number of rotatable bonds is 13. The zero-order chi connectivity index (χ0) is 24.9. The van der Waals surface area contributed by atoms with E-state index < -0.39 is 16.1 Å². The van der Waals surface area contributed by atoms with E-state index in [1.807, 2.05) is 0 Å². The van der Waals surface area contributed by atoms with Crippen LogP contribution in [-0.4, -0.2) is 16.1 Å². The van der Waals surface area contributed by atoms with Crippen molar-refractivity contribution in [3.8, 4) is 22.9 Å². The molecule has 0 aliphatic heterocycles. The minimum atomic E-state index is -1.55. The lowest BCUT2D eigenvalue weighted by molar-refractivity contribution is 0.650. The van der Waals surface area contributed by atoms with Gasteiger partial charge in [0.1, 0.15) is 16.1 Å². The van der Waals surface area contributed by atoms with Crippen molar-refractivity contribution in [2.24, 2.45) is 35.5 Å². The molecule has 0 aliphatic carbocycles. The van der Waals surface area contributed by atoms with Gasteiger partial charge in [-0.05, 0) is 71.8 Å². The second-order valence-corrected chi connectivity index (χ2v) is 21.3. The average Bonchev–Trinajstić information content (AvgIpc) is 2.53. The van der Waals surface area contributed by atoms with Crippen molar-refractivity contribution < 1.29 is 0 Å². The van der Waals surface area contributed by atoms with Crippen LogP contribution in [0.25, 0.3) is 0 Å². The molecule has 32 heavy (non-hydrogen) atoms. The fourth-order valence-electron chi connectivity index (χ4n) is 6.12. The predicted molar refractivity (Wildman–Crippen MR) is 154 cm³/mol. The molecule has 0 bridgehead atoms. The number of hydrogen-bond donors (Lipinski definition) is 0. The molecule has 0 unspecified atom stereocenters. The number of hydrogen-bond acceptors (Lipinski definition) is 0. The summed E-state index contributed by atoms with van der Waals surface area (Å²) in [6.45, 7) is 28.6. The number of unbranched alkanes of at least 4 members (excludes halogenated alkanes) is 1. The van der Waals surface area contributed by atoms with Gasteiger partial charge in [0.2, 0.25) is 0 Å². The molecule has 0 amide bonds. The van der Waals surface area contributed by atoms with Crippen LogP contribution in [0.4, 0.5) is 0 Å². The molecule has 0 atom stereocenters. The largest absolute Gasteiger partial charge is 0.139 e. The van der Waals surface area contributed by atoms with Gasteiger partial charge in [-0.2, -0.15) is 0 Å². The highest BCUT2D eigenvalue weighted by Gasteiger charge is 2.34. The van der Waals surface area contributed by atoms with Crippen molar-refractivity contribution in [2.45, 2.75) is 132 Å². The van der Waals surface area contributed by atoms with E-state index in [1.54, 1.807) is 0 Å². The molecule has 0 fully saturated rings. The lowest BCUT2D eigenvalue weighted by Gasteiger charge is -2.31. The Balaban J connectivity index is 5.57. The maximum absolute atomic E-state index is 3.95. The van der Waals surface area contributed by atoms with Gasteiger partial charge in [-0.3, -0.25) is 0 Å². The Bertz CT molecular complexity index is 508. The van der Waals surface area contributed by atoms with Crippen molar-refractivity contribution in [1.29, 1.82) is 0 Å². The Morgan fingerprint density at radius 2 is 0.562 bits per heavy atom. The van der Waals surface area contributed by atoms with E-state index >= 15 is 0 Å². The van der Waals surface area contributed by atoms with Crippen LogP contribution in [0.15, 0.2) is 0 Å². The van der Waals surface area contributed by atoms with Gasteiger partial charge in [-0.1, -0.05) is 83.1 Å². The molecule has 0 aromatic heterocycles. The van der Waals surface area contributed by atoms with E-state index in [0.717, 1.165) is 48.3 Å². The Morgan fingerprint density at radius 3 is 0.719 bits per heavy atom. The van der Waals surface area contributed by atoms with E-state index in [-0.39, 0.29) is 0 Å². The minimum Gasteiger partial charge on any atom is -0.131 e. The highest BCUT2D eigenvalue weighted by molar-refractivity contribution is 6.88. The van der Waals surface area contributed by atoms with Gasteiger partial charge in [0.15, 0.2) is 0 Å². The monoisotopic (exact) mass is 474 g/mol. The molecule has 2 heteroatoms. The second kappa shape index (κ2) is 15.5. The van der Waals surface area contributed by atoms with Crippen LogP contribution in [0, 0.1) is 58.4 Å². The maximum Gasteiger partial charge on any atom is 0.139 e. The molecular weight excluding hydrogens is 417 g/mol. The quantitative estimate of drug-likeness (QED) is 0.141. The van der Waals surface area contributed by atoms with Gasteiger partial charge in [-0.15, -0.1) is 22.9 Å².